The summed E-state index contributed by atoms with van der Waals surface area (Å²) >= 11 is 0. The van der Waals surface area contributed by atoms with Crippen LogP contribution in [0.3, 0.4) is 0 Å². The van der Waals surface area contributed by atoms with Crippen LogP contribution in [0.1, 0.15) is 12.8 Å². The van der Waals surface area contributed by atoms with Gasteiger partial charge in [-0.3, -0.25) is 4.57 Å². The zero-order chi connectivity index (χ0) is 18.1. The van der Waals surface area contributed by atoms with Crippen LogP contribution >= 0.6 is 0 Å². The van der Waals surface area contributed by atoms with Crippen molar-refractivity contribution in [3.05, 3.63) is 18.7 Å². The molecule has 0 amide bonds. The van der Waals surface area contributed by atoms with Crippen molar-refractivity contribution in [3.8, 4) is 5.95 Å². The van der Waals surface area contributed by atoms with Gasteiger partial charge in [-0.05, 0) is 0 Å². The zero-order valence-electron chi connectivity index (χ0n) is 15.2. The van der Waals surface area contributed by atoms with E-state index >= 15 is 0 Å². The largest absolute Gasteiger partial charge is 0.378 e. The van der Waals surface area contributed by atoms with Gasteiger partial charge < -0.3 is 24.0 Å². The summed E-state index contributed by atoms with van der Waals surface area (Å²) in [7, 11) is 0. The summed E-state index contributed by atoms with van der Waals surface area (Å²) in [6, 6.07) is 0. The van der Waals surface area contributed by atoms with Gasteiger partial charge in [-0.15, -0.1) is 0 Å². The fraction of sp³-hybridized carbons (Fsp3) is 0.647. The Bertz CT molecular complexity index is 763. The van der Waals surface area contributed by atoms with Gasteiger partial charge in [0.2, 0.25) is 17.8 Å². The summed E-state index contributed by atoms with van der Waals surface area (Å²) in [6.07, 6.45) is 6.89. The molecule has 10 heteroatoms. The SMILES string of the molecule is c1cn(-c2nc(N3CCOCC3)nc(N3CCC4(CC3)OCCO4)n2)cn1. The molecule has 27 heavy (non-hydrogen) atoms. The van der Waals surface area contributed by atoms with Gasteiger partial charge in [0.25, 0.3) is 0 Å². The lowest BCUT2D eigenvalue weighted by molar-refractivity contribution is -0.169. The van der Waals surface area contributed by atoms with Crippen molar-refractivity contribution in [2.24, 2.45) is 0 Å². The molecule has 0 atom stereocenters. The highest BCUT2D eigenvalue weighted by Gasteiger charge is 2.40. The molecule has 144 valence electrons. The van der Waals surface area contributed by atoms with E-state index in [2.05, 4.69) is 19.8 Å². The summed E-state index contributed by atoms with van der Waals surface area (Å²) < 4.78 is 18.9. The lowest BCUT2D eigenvalue weighted by atomic mass is 10.0. The smallest absolute Gasteiger partial charge is 0.241 e. The molecular weight excluding hydrogens is 350 g/mol. The summed E-state index contributed by atoms with van der Waals surface area (Å²) in [5, 5.41) is 0. The molecule has 0 unspecified atom stereocenters. The molecule has 0 aromatic carbocycles. The highest BCUT2D eigenvalue weighted by Crippen LogP contribution is 2.32. The van der Waals surface area contributed by atoms with Crippen LogP contribution in [0, 0.1) is 0 Å². The van der Waals surface area contributed by atoms with Crippen LogP contribution < -0.4 is 9.80 Å². The van der Waals surface area contributed by atoms with Crippen molar-refractivity contribution in [1.29, 1.82) is 0 Å². The topological polar surface area (TPSA) is 90.7 Å². The molecule has 0 bridgehead atoms. The van der Waals surface area contributed by atoms with Crippen molar-refractivity contribution in [1.82, 2.24) is 24.5 Å². The van der Waals surface area contributed by atoms with Gasteiger partial charge in [-0.25, -0.2) is 4.98 Å². The van der Waals surface area contributed by atoms with Gasteiger partial charge in [0, 0.05) is 51.4 Å². The third kappa shape index (κ3) is 3.35. The van der Waals surface area contributed by atoms with Gasteiger partial charge in [0.1, 0.15) is 6.33 Å². The van der Waals surface area contributed by atoms with Crippen molar-refractivity contribution in [3.63, 3.8) is 0 Å². The molecule has 2 aromatic heterocycles. The van der Waals surface area contributed by atoms with Crippen LogP contribution in [0.2, 0.25) is 0 Å². The fourth-order valence-electron chi connectivity index (χ4n) is 3.72. The summed E-state index contributed by atoms with van der Waals surface area (Å²) in [5.41, 5.74) is 0. The Labute approximate surface area is 157 Å². The molecule has 0 saturated carbocycles. The average Bonchev–Trinajstić information content (AvgIpc) is 3.42. The van der Waals surface area contributed by atoms with E-state index in [1.165, 1.54) is 0 Å². The number of ether oxygens (including phenoxy) is 3. The average molecular weight is 373 g/mol. The van der Waals surface area contributed by atoms with E-state index in [1.807, 2.05) is 10.8 Å². The monoisotopic (exact) mass is 373 g/mol. The summed E-state index contributed by atoms with van der Waals surface area (Å²) in [6.45, 7) is 5.85. The molecule has 10 nitrogen and oxygen atoms in total. The number of piperidine rings is 1. The van der Waals surface area contributed by atoms with E-state index in [4.69, 9.17) is 24.2 Å². The number of imidazole rings is 1. The first-order valence-corrected chi connectivity index (χ1v) is 9.41. The van der Waals surface area contributed by atoms with Crippen LogP contribution in [-0.2, 0) is 14.2 Å². The summed E-state index contributed by atoms with van der Waals surface area (Å²) in [5.74, 6) is 1.53. The second-order valence-electron chi connectivity index (χ2n) is 6.90. The highest BCUT2D eigenvalue weighted by molar-refractivity contribution is 5.42. The second-order valence-corrected chi connectivity index (χ2v) is 6.90. The maximum atomic E-state index is 5.83. The second kappa shape index (κ2) is 7.02. The van der Waals surface area contributed by atoms with Crippen LogP contribution in [0.15, 0.2) is 18.7 Å². The number of aromatic nitrogens is 5. The normalized spacial score (nSPS) is 22.5. The first kappa shape index (κ1) is 16.8. The van der Waals surface area contributed by atoms with Gasteiger partial charge in [-0.2, -0.15) is 15.0 Å². The molecule has 2 aromatic rings. The maximum absolute atomic E-state index is 5.83. The Morgan fingerprint density at radius 3 is 2.04 bits per heavy atom. The minimum atomic E-state index is -0.413. The van der Waals surface area contributed by atoms with Crippen LogP contribution in [-0.4, -0.2) is 82.9 Å². The van der Waals surface area contributed by atoms with E-state index in [0.717, 1.165) is 39.0 Å². The van der Waals surface area contributed by atoms with Crippen molar-refractivity contribution >= 4 is 11.9 Å². The van der Waals surface area contributed by atoms with Crippen LogP contribution in [0.25, 0.3) is 5.95 Å². The fourth-order valence-corrected chi connectivity index (χ4v) is 3.72. The van der Waals surface area contributed by atoms with Gasteiger partial charge in [0.05, 0.1) is 26.4 Å². The molecule has 3 aliphatic rings. The molecule has 5 rings (SSSR count). The quantitative estimate of drug-likeness (QED) is 0.750. The first-order valence-electron chi connectivity index (χ1n) is 9.41. The van der Waals surface area contributed by atoms with Crippen molar-refractivity contribution < 1.29 is 14.2 Å². The predicted octanol–water partition coefficient (Wildman–Crippen LogP) is 0.237. The lowest BCUT2D eigenvalue weighted by Gasteiger charge is -2.37. The maximum Gasteiger partial charge on any atom is 0.241 e. The van der Waals surface area contributed by atoms with Crippen LogP contribution in [0.4, 0.5) is 11.9 Å². The Morgan fingerprint density at radius 1 is 0.778 bits per heavy atom. The minimum absolute atomic E-state index is 0.413. The van der Waals surface area contributed by atoms with E-state index < -0.39 is 5.79 Å². The summed E-state index contributed by atoms with van der Waals surface area (Å²) in [4.78, 5) is 22.6. The van der Waals surface area contributed by atoms with E-state index in [-0.39, 0.29) is 0 Å². The van der Waals surface area contributed by atoms with E-state index in [1.54, 1.807) is 12.5 Å². The number of nitrogens with zero attached hydrogens (tertiary/aromatic N) is 7. The number of morpholine rings is 1. The molecule has 3 saturated heterocycles. The van der Waals surface area contributed by atoms with Gasteiger partial charge >= 0.3 is 0 Å². The number of hydrogen-bond donors (Lipinski definition) is 0. The Balaban J connectivity index is 1.43. The molecule has 5 heterocycles. The molecule has 1 spiro atoms. The van der Waals surface area contributed by atoms with Gasteiger partial charge in [0.15, 0.2) is 5.79 Å². The molecular formula is C17H23N7O3. The third-order valence-corrected chi connectivity index (χ3v) is 5.25. The highest BCUT2D eigenvalue weighted by atomic mass is 16.7. The minimum Gasteiger partial charge on any atom is -0.378 e. The third-order valence-electron chi connectivity index (χ3n) is 5.25. The molecule has 0 aliphatic carbocycles. The Hall–Kier alpha value is -2.30. The zero-order valence-corrected chi connectivity index (χ0v) is 15.2. The number of hydrogen-bond acceptors (Lipinski definition) is 9. The lowest BCUT2D eigenvalue weighted by Crippen LogP contribution is -2.46. The van der Waals surface area contributed by atoms with Gasteiger partial charge in [-0.1, -0.05) is 0 Å². The van der Waals surface area contributed by atoms with Crippen molar-refractivity contribution in [2.45, 2.75) is 18.6 Å². The standard InChI is InChI=1S/C17H23N7O3/c1-4-22(5-2-17(1)26-11-12-27-17)14-19-15(23-7-9-25-10-8-23)21-16(20-14)24-6-3-18-13-24/h3,6,13H,1-2,4-5,7-12H2. The predicted molar refractivity (Wildman–Crippen MR) is 96.1 cm³/mol. The molecule has 0 radical (unpaired) electrons. The van der Waals surface area contributed by atoms with E-state index in [9.17, 15) is 0 Å². The molecule has 3 fully saturated rings. The Kier molecular flexibility index (Phi) is 4.38. The van der Waals surface area contributed by atoms with Crippen molar-refractivity contribution in [2.75, 3.05) is 62.4 Å². The molecule has 3 aliphatic heterocycles. The molecule has 0 N–H and O–H groups in total. The number of anilines is 2. The first-order chi connectivity index (χ1) is 13.3. The van der Waals surface area contributed by atoms with Crippen LogP contribution in [0.5, 0.6) is 0 Å². The van der Waals surface area contributed by atoms with E-state index in [0.29, 0.717) is 44.3 Å². The number of rotatable bonds is 3. The Morgan fingerprint density at radius 2 is 1.41 bits per heavy atom.